The number of hydrogen-bond donors (Lipinski definition) is 1. The van der Waals surface area contributed by atoms with Gasteiger partial charge in [-0.15, -0.1) is 0 Å². The van der Waals surface area contributed by atoms with Crippen molar-refractivity contribution in [1.29, 1.82) is 5.26 Å². The van der Waals surface area contributed by atoms with Crippen molar-refractivity contribution in [3.05, 3.63) is 29.8 Å². The zero-order valence-electron chi connectivity index (χ0n) is 12.1. The van der Waals surface area contributed by atoms with E-state index < -0.39 is 5.54 Å². The first-order valence-corrected chi connectivity index (χ1v) is 7.15. The number of amides is 1. The molecular weight excluding hydrogens is 250 g/mol. The Kier molecular flexibility index (Phi) is 4.29. The van der Waals surface area contributed by atoms with Crippen LogP contribution >= 0.6 is 0 Å². The summed E-state index contributed by atoms with van der Waals surface area (Å²) in [5.74, 6) is -0.154. The van der Waals surface area contributed by atoms with E-state index in [1.807, 2.05) is 31.3 Å². The second-order valence-corrected chi connectivity index (χ2v) is 5.42. The molecule has 0 atom stereocenters. The minimum Gasteiger partial charge on any atom is -0.375 e. The number of nitrogens with one attached hydrogen (secondary N) is 1. The van der Waals surface area contributed by atoms with Gasteiger partial charge >= 0.3 is 0 Å². The normalized spacial score (nSPS) is 16.4. The van der Waals surface area contributed by atoms with E-state index in [-0.39, 0.29) is 5.91 Å². The lowest BCUT2D eigenvalue weighted by Crippen LogP contribution is -2.45. The minimum absolute atomic E-state index is 0.154. The predicted octanol–water partition coefficient (Wildman–Crippen LogP) is 2.71. The maximum absolute atomic E-state index is 12.2. The van der Waals surface area contributed by atoms with Crippen molar-refractivity contribution in [2.75, 3.05) is 18.5 Å². The van der Waals surface area contributed by atoms with Crippen molar-refractivity contribution < 1.29 is 4.79 Å². The van der Waals surface area contributed by atoms with Crippen LogP contribution in [0, 0.1) is 11.3 Å². The van der Waals surface area contributed by atoms with Gasteiger partial charge in [0.1, 0.15) is 5.54 Å². The molecule has 1 aliphatic rings. The van der Waals surface area contributed by atoms with Gasteiger partial charge in [-0.25, -0.2) is 0 Å². The van der Waals surface area contributed by atoms with Crippen LogP contribution in [0.2, 0.25) is 0 Å². The van der Waals surface area contributed by atoms with E-state index in [1.54, 1.807) is 0 Å². The van der Waals surface area contributed by atoms with Gasteiger partial charge in [-0.1, -0.05) is 0 Å². The van der Waals surface area contributed by atoms with Crippen LogP contribution in [0.4, 0.5) is 5.69 Å². The molecule has 0 radical (unpaired) electrons. The first-order valence-electron chi connectivity index (χ1n) is 7.15. The Morgan fingerprint density at radius 1 is 1.35 bits per heavy atom. The van der Waals surface area contributed by atoms with Crippen LogP contribution in [0.15, 0.2) is 24.3 Å². The SMILES string of the molecule is CCN(C)c1ccc(C(=O)NC2(C#N)CCCC2)cc1. The minimum atomic E-state index is -0.657. The third-order valence-electron chi connectivity index (χ3n) is 4.07. The predicted molar refractivity (Wildman–Crippen MR) is 79.7 cm³/mol. The van der Waals surface area contributed by atoms with Crippen LogP contribution in [0.1, 0.15) is 43.0 Å². The molecule has 4 heteroatoms. The third kappa shape index (κ3) is 2.93. The molecule has 0 bridgehead atoms. The zero-order valence-corrected chi connectivity index (χ0v) is 12.1. The molecule has 1 aromatic rings. The highest BCUT2D eigenvalue weighted by Crippen LogP contribution is 2.29. The number of nitrogens with zero attached hydrogens (tertiary/aromatic N) is 2. The van der Waals surface area contributed by atoms with Crippen molar-refractivity contribution in [2.24, 2.45) is 0 Å². The maximum atomic E-state index is 12.2. The van der Waals surface area contributed by atoms with Gasteiger partial charge in [0.05, 0.1) is 6.07 Å². The number of carbonyl (C=O) groups excluding carboxylic acids is 1. The van der Waals surface area contributed by atoms with Gasteiger partial charge in [-0.05, 0) is 56.9 Å². The van der Waals surface area contributed by atoms with Crippen LogP contribution in [0.3, 0.4) is 0 Å². The lowest BCUT2D eigenvalue weighted by molar-refractivity contribution is 0.0920. The molecule has 1 fully saturated rings. The van der Waals surface area contributed by atoms with Crippen LogP contribution in [0.25, 0.3) is 0 Å². The van der Waals surface area contributed by atoms with Gasteiger partial charge in [0, 0.05) is 24.8 Å². The largest absolute Gasteiger partial charge is 0.375 e. The highest BCUT2D eigenvalue weighted by molar-refractivity contribution is 5.95. The van der Waals surface area contributed by atoms with Crippen molar-refractivity contribution in [1.82, 2.24) is 5.32 Å². The number of hydrogen-bond acceptors (Lipinski definition) is 3. The van der Waals surface area contributed by atoms with E-state index in [4.69, 9.17) is 0 Å². The van der Waals surface area contributed by atoms with Gasteiger partial charge in [0.25, 0.3) is 5.91 Å². The Hall–Kier alpha value is -2.02. The monoisotopic (exact) mass is 271 g/mol. The molecule has 1 aliphatic carbocycles. The van der Waals surface area contributed by atoms with Crippen LogP contribution < -0.4 is 10.2 Å². The van der Waals surface area contributed by atoms with E-state index in [2.05, 4.69) is 23.2 Å². The Labute approximate surface area is 120 Å². The average molecular weight is 271 g/mol. The fourth-order valence-electron chi connectivity index (χ4n) is 2.58. The molecule has 106 valence electrons. The molecule has 1 N–H and O–H groups in total. The van der Waals surface area contributed by atoms with Gasteiger partial charge in [0.2, 0.25) is 0 Å². The summed E-state index contributed by atoms with van der Waals surface area (Å²) in [4.78, 5) is 14.3. The van der Waals surface area contributed by atoms with Crippen LogP contribution in [0.5, 0.6) is 0 Å². The van der Waals surface area contributed by atoms with Crippen molar-refractivity contribution in [2.45, 2.75) is 38.1 Å². The number of carbonyl (C=O) groups is 1. The summed E-state index contributed by atoms with van der Waals surface area (Å²) in [6.45, 7) is 3.00. The first kappa shape index (κ1) is 14.4. The lowest BCUT2D eigenvalue weighted by atomic mass is 9.99. The summed E-state index contributed by atoms with van der Waals surface area (Å²) >= 11 is 0. The fraction of sp³-hybridized carbons (Fsp3) is 0.500. The highest BCUT2D eigenvalue weighted by Gasteiger charge is 2.35. The number of nitriles is 1. The second-order valence-electron chi connectivity index (χ2n) is 5.42. The quantitative estimate of drug-likeness (QED) is 0.916. The Morgan fingerprint density at radius 3 is 2.45 bits per heavy atom. The van der Waals surface area contributed by atoms with E-state index in [0.29, 0.717) is 5.56 Å². The third-order valence-corrected chi connectivity index (χ3v) is 4.07. The zero-order chi connectivity index (χ0) is 14.6. The first-order chi connectivity index (χ1) is 9.60. The topological polar surface area (TPSA) is 56.1 Å². The number of benzene rings is 1. The molecule has 0 spiro atoms. The molecule has 1 saturated carbocycles. The molecule has 20 heavy (non-hydrogen) atoms. The lowest BCUT2D eigenvalue weighted by Gasteiger charge is -2.22. The standard InChI is InChI=1S/C16H21N3O/c1-3-19(2)14-8-6-13(7-9-14)15(20)18-16(12-17)10-4-5-11-16/h6-9H,3-5,10-11H2,1-2H3,(H,18,20). The summed E-state index contributed by atoms with van der Waals surface area (Å²) in [5.41, 5.74) is 1.04. The van der Waals surface area contributed by atoms with E-state index in [9.17, 15) is 10.1 Å². The molecule has 1 aromatic carbocycles. The summed E-state index contributed by atoms with van der Waals surface area (Å²) in [6, 6.07) is 9.78. The van der Waals surface area contributed by atoms with E-state index >= 15 is 0 Å². The molecule has 0 unspecified atom stereocenters. The molecule has 0 aromatic heterocycles. The molecule has 0 saturated heterocycles. The molecule has 4 nitrogen and oxygen atoms in total. The molecule has 0 aliphatic heterocycles. The van der Waals surface area contributed by atoms with Gasteiger partial charge in [-0.3, -0.25) is 4.79 Å². The maximum Gasteiger partial charge on any atom is 0.252 e. The molecule has 2 rings (SSSR count). The molecule has 1 amide bonds. The summed E-state index contributed by atoms with van der Waals surface area (Å²) in [5, 5.41) is 12.2. The van der Waals surface area contributed by atoms with Crippen molar-refractivity contribution >= 4 is 11.6 Å². The smallest absolute Gasteiger partial charge is 0.252 e. The summed E-state index contributed by atoms with van der Waals surface area (Å²) < 4.78 is 0. The van der Waals surface area contributed by atoms with Gasteiger partial charge in [0.15, 0.2) is 0 Å². The van der Waals surface area contributed by atoms with E-state index in [0.717, 1.165) is 37.9 Å². The van der Waals surface area contributed by atoms with Crippen LogP contribution in [-0.2, 0) is 0 Å². The number of anilines is 1. The summed E-state index contributed by atoms with van der Waals surface area (Å²) in [7, 11) is 2.01. The average Bonchev–Trinajstić information content (AvgIpc) is 2.95. The molecule has 0 heterocycles. The van der Waals surface area contributed by atoms with Gasteiger partial charge < -0.3 is 10.2 Å². The Morgan fingerprint density at radius 2 is 1.95 bits per heavy atom. The van der Waals surface area contributed by atoms with Crippen LogP contribution in [-0.4, -0.2) is 25.0 Å². The van der Waals surface area contributed by atoms with Gasteiger partial charge in [-0.2, -0.15) is 5.26 Å². The van der Waals surface area contributed by atoms with E-state index in [1.165, 1.54) is 0 Å². The Bertz CT molecular complexity index is 510. The van der Waals surface area contributed by atoms with Crippen molar-refractivity contribution in [3.8, 4) is 6.07 Å². The Balaban J connectivity index is 2.08. The van der Waals surface area contributed by atoms with Crippen molar-refractivity contribution in [3.63, 3.8) is 0 Å². The summed E-state index contributed by atoms with van der Waals surface area (Å²) in [6.07, 6.45) is 3.53. The second kappa shape index (κ2) is 5.96. The fourth-order valence-corrected chi connectivity index (χ4v) is 2.58. The number of rotatable bonds is 4. The molecular formula is C16H21N3O. The highest BCUT2D eigenvalue weighted by atomic mass is 16.1.